The zero-order valence-electron chi connectivity index (χ0n) is 14.2. The van der Waals surface area contributed by atoms with Gasteiger partial charge in [-0.2, -0.15) is 0 Å². The number of hydrogen-bond acceptors (Lipinski definition) is 4. The fourth-order valence-corrected chi connectivity index (χ4v) is 2.21. The monoisotopic (exact) mass is 348 g/mol. The minimum atomic E-state index is -0.606. The summed E-state index contributed by atoms with van der Waals surface area (Å²) in [5.41, 5.74) is 6.16. The van der Waals surface area contributed by atoms with Crippen molar-refractivity contribution >= 4 is 18.3 Å². The summed E-state index contributed by atoms with van der Waals surface area (Å²) in [5.74, 6) is 0.261. The molecule has 0 aliphatic rings. The molecule has 0 spiro atoms. The third kappa shape index (κ3) is 5.88. The highest BCUT2D eigenvalue weighted by atomic mass is 35.5. The lowest BCUT2D eigenvalue weighted by Gasteiger charge is -2.20. The lowest BCUT2D eigenvalue weighted by molar-refractivity contribution is -0.123. The number of carbonyl (C=O) groups excluding carboxylic acids is 1. The van der Waals surface area contributed by atoms with Gasteiger partial charge in [0.25, 0.3) is 0 Å². The van der Waals surface area contributed by atoms with Gasteiger partial charge < -0.3 is 20.5 Å². The van der Waals surface area contributed by atoms with Crippen LogP contribution in [0.25, 0.3) is 0 Å². The van der Waals surface area contributed by atoms with E-state index in [1.54, 1.807) is 6.92 Å². The number of hydrogen-bond donors (Lipinski definition) is 2. The largest absolute Gasteiger partial charge is 0.493 e. The van der Waals surface area contributed by atoms with Crippen molar-refractivity contribution in [3.63, 3.8) is 0 Å². The third-order valence-corrected chi connectivity index (χ3v) is 3.39. The summed E-state index contributed by atoms with van der Waals surface area (Å²) >= 11 is 0. The molecule has 1 unspecified atom stereocenters. The number of methoxy groups -OCH3 is 2. The molecular weight excluding hydrogens is 323 g/mol. The average molecular weight is 349 g/mol. The molecule has 7 heteroatoms. The molecule has 0 saturated carbocycles. The van der Waals surface area contributed by atoms with Gasteiger partial charge in [0.05, 0.1) is 26.3 Å². The standard InChI is InChI=1S/C16H25FN2O3.ClH/c1-9(2)6-13(18)16(20)19-10(3)11-7-14(21-4)15(22-5)8-12(11)17;/h7-10,13H,6,18H2,1-5H3,(H,19,20);1H/t10?,13-;/m0./s1. The van der Waals surface area contributed by atoms with E-state index in [4.69, 9.17) is 15.2 Å². The molecule has 0 fully saturated rings. The molecule has 1 aromatic rings. The van der Waals surface area contributed by atoms with E-state index in [1.807, 2.05) is 13.8 Å². The van der Waals surface area contributed by atoms with E-state index >= 15 is 0 Å². The SMILES string of the molecule is COc1cc(F)c(C(C)NC(=O)[C@@H](N)CC(C)C)cc1OC.Cl. The van der Waals surface area contributed by atoms with Gasteiger partial charge in [-0.1, -0.05) is 13.8 Å². The van der Waals surface area contributed by atoms with Crippen LogP contribution in [-0.4, -0.2) is 26.2 Å². The number of ether oxygens (including phenoxy) is 2. The summed E-state index contributed by atoms with van der Waals surface area (Å²) in [7, 11) is 2.91. The molecule has 5 nitrogen and oxygen atoms in total. The fourth-order valence-electron chi connectivity index (χ4n) is 2.21. The minimum Gasteiger partial charge on any atom is -0.493 e. The second-order valence-electron chi connectivity index (χ2n) is 5.70. The van der Waals surface area contributed by atoms with Crippen LogP contribution in [0.5, 0.6) is 11.5 Å². The predicted octanol–water partition coefficient (Wildman–Crippen LogP) is 2.82. The van der Waals surface area contributed by atoms with E-state index in [1.165, 1.54) is 26.4 Å². The Kier molecular flexibility index (Phi) is 8.94. The van der Waals surface area contributed by atoms with E-state index in [0.717, 1.165) is 0 Å². The van der Waals surface area contributed by atoms with E-state index in [-0.39, 0.29) is 18.3 Å². The lowest BCUT2D eigenvalue weighted by atomic mass is 10.0. The smallest absolute Gasteiger partial charge is 0.237 e. The van der Waals surface area contributed by atoms with E-state index in [2.05, 4.69) is 5.32 Å². The Bertz CT molecular complexity index is 526. The number of benzene rings is 1. The summed E-state index contributed by atoms with van der Waals surface area (Å²) in [5, 5.41) is 2.73. The molecule has 0 aromatic heterocycles. The molecule has 23 heavy (non-hydrogen) atoms. The Hall–Kier alpha value is -1.53. The van der Waals surface area contributed by atoms with Crippen molar-refractivity contribution in [2.75, 3.05) is 14.2 Å². The fraction of sp³-hybridized carbons (Fsp3) is 0.562. The zero-order chi connectivity index (χ0) is 16.9. The van der Waals surface area contributed by atoms with Gasteiger partial charge in [-0.05, 0) is 25.3 Å². The molecule has 132 valence electrons. The number of carbonyl (C=O) groups is 1. The molecule has 3 N–H and O–H groups in total. The van der Waals surface area contributed by atoms with Crippen molar-refractivity contribution in [3.05, 3.63) is 23.5 Å². The molecule has 0 heterocycles. The Morgan fingerprint density at radius 2 is 1.74 bits per heavy atom. The maximum atomic E-state index is 14.1. The van der Waals surface area contributed by atoms with Crippen LogP contribution < -0.4 is 20.5 Å². The van der Waals surface area contributed by atoms with E-state index in [0.29, 0.717) is 29.4 Å². The molecule has 1 amide bonds. The predicted molar refractivity (Wildman–Crippen MR) is 90.7 cm³/mol. The maximum absolute atomic E-state index is 14.1. The van der Waals surface area contributed by atoms with Crippen molar-refractivity contribution in [2.45, 2.75) is 39.3 Å². The van der Waals surface area contributed by atoms with Crippen LogP contribution in [0.1, 0.15) is 38.8 Å². The first-order chi connectivity index (χ1) is 10.3. The van der Waals surface area contributed by atoms with Crippen molar-refractivity contribution in [2.24, 2.45) is 11.7 Å². The van der Waals surface area contributed by atoms with E-state index < -0.39 is 17.9 Å². The normalized spacial score (nSPS) is 13.0. The number of rotatable bonds is 7. The van der Waals surface area contributed by atoms with Crippen LogP contribution in [0, 0.1) is 11.7 Å². The first-order valence-electron chi connectivity index (χ1n) is 7.27. The van der Waals surface area contributed by atoms with Crippen molar-refractivity contribution in [3.8, 4) is 11.5 Å². The van der Waals surface area contributed by atoms with Gasteiger partial charge in [-0.15, -0.1) is 12.4 Å². The lowest BCUT2D eigenvalue weighted by Crippen LogP contribution is -2.42. The highest BCUT2D eigenvalue weighted by Crippen LogP contribution is 2.32. The molecule has 0 radical (unpaired) electrons. The van der Waals surface area contributed by atoms with Gasteiger partial charge in [0.2, 0.25) is 5.91 Å². The van der Waals surface area contributed by atoms with Gasteiger partial charge in [0, 0.05) is 11.6 Å². The van der Waals surface area contributed by atoms with Crippen LogP contribution in [0.15, 0.2) is 12.1 Å². The summed E-state index contributed by atoms with van der Waals surface area (Å²) in [4.78, 5) is 12.0. The van der Waals surface area contributed by atoms with Crippen molar-refractivity contribution < 1.29 is 18.7 Å². The van der Waals surface area contributed by atoms with Gasteiger partial charge in [-0.3, -0.25) is 4.79 Å². The Morgan fingerprint density at radius 1 is 1.22 bits per heavy atom. The van der Waals surface area contributed by atoms with E-state index in [9.17, 15) is 9.18 Å². The molecule has 1 aromatic carbocycles. The Morgan fingerprint density at radius 3 is 2.22 bits per heavy atom. The summed E-state index contributed by atoms with van der Waals surface area (Å²) in [6, 6.07) is 1.63. The van der Waals surface area contributed by atoms with Crippen molar-refractivity contribution in [1.29, 1.82) is 0 Å². The summed E-state index contributed by atoms with van der Waals surface area (Å²) < 4.78 is 24.3. The Labute approximate surface area is 143 Å². The number of amides is 1. The molecule has 1 rings (SSSR count). The second kappa shape index (κ2) is 9.57. The first-order valence-corrected chi connectivity index (χ1v) is 7.27. The summed E-state index contributed by atoms with van der Waals surface area (Å²) in [6.45, 7) is 5.68. The first kappa shape index (κ1) is 21.5. The Balaban J connectivity index is 0.00000484. The second-order valence-corrected chi connectivity index (χ2v) is 5.70. The average Bonchev–Trinajstić information content (AvgIpc) is 2.45. The molecule has 0 bridgehead atoms. The zero-order valence-corrected chi connectivity index (χ0v) is 15.0. The molecule has 0 aliphatic heterocycles. The van der Waals surface area contributed by atoms with Crippen LogP contribution in [0.4, 0.5) is 4.39 Å². The quantitative estimate of drug-likeness (QED) is 0.794. The van der Waals surface area contributed by atoms with Gasteiger partial charge in [0.1, 0.15) is 5.82 Å². The molecular formula is C16H26ClFN2O3. The maximum Gasteiger partial charge on any atom is 0.237 e. The molecule has 0 saturated heterocycles. The van der Waals surface area contributed by atoms with Gasteiger partial charge in [-0.25, -0.2) is 4.39 Å². The van der Waals surface area contributed by atoms with Gasteiger partial charge in [0.15, 0.2) is 11.5 Å². The minimum absolute atomic E-state index is 0. The van der Waals surface area contributed by atoms with Crippen LogP contribution in [-0.2, 0) is 4.79 Å². The highest BCUT2D eigenvalue weighted by Gasteiger charge is 2.21. The highest BCUT2D eigenvalue weighted by molar-refractivity contribution is 5.85. The topological polar surface area (TPSA) is 73.6 Å². The van der Waals surface area contributed by atoms with Crippen LogP contribution >= 0.6 is 12.4 Å². The van der Waals surface area contributed by atoms with Gasteiger partial charge >= 0.3 is 0 Å². The third-order valence-electron chi connectivity index (χ3n) is 3.39. The molecule has 0 aliphatic carbocycles. The number of nitrogens with two attached hydrogens (primary N) is 1. The summed E-state index contributed by atoms with van der Waals surface area (Å²) in [6.07, 6.45) is 0.576. The number of halogens is 2. The molecule has 2 atom stereocenters. The van der Waals surface area contributed by atoms with Crippen LogP contribution in [0.3, 0.4) is 0 Å². The van der Waals surface area contributed by atoms with Crippen LogP contribution in [0.2, 0.25) is 0 Å². The van der Waals surface area contributed by atoms with Crippen molar-refractivity contribution in [1.82, 2.24) is 5.32 Å². The number of nitrogens with one attached hydrogen (secondary N) is 1.